The molecule has 0 aliphatic rings. The van der Waals surface area contributed by atoms with Crippen molar-refractivity contribution in [1.82, 2.24) is 9.97 Å². The molecular weight excluding hydrogens is 246 g/mol. The van der Waals surface area contributed by atoms with E-state index in [1.807, 2.05) is 6.07 Å². The second kappa shape index (κ2) is 4.74. The highest BCUT2D eigenvalue weighted by molar-refractivity contribution is 7.80. The lowest BCUT2D eigenvalue weighted by Crippen LogP contribution is -1.97. The number of anilines is 1. The maximum Gasteiger partial charge on any atom is 0.237 e. The molecule has 0 aromatic carbocycles. The molecule has 6 heteroatoms. The SMILES string of the molecule is [C-]#[N+]c1c(N)nc(S)c(C#N)c1-c1cccnc1. The summed E-state index contributed by atoms with van der Waals surface area (Å²) in [5, 5.41) is 9.38. The number of hydrogen-bond donors (Lipinski definition) is 2. The Morgan fingerprint density at radius 2 is 2.28 bits per heavy atom. The van der Waals surface area contributed by atoms with Gasteiger partial charge in [-0.3, -0.25) is 4.98 Å². The van der Waals surface area contributed by atoms with Gasteiger partial charge in [-0.2, -0.15) is 5.26 Å². The Bertz CT molecular complexity index is 644. The molecule has 0 unspecified atom stereocenters. The van der Waals surface area contributed by atoms with Crippen molar-refractivity contribution in [3.63, 3.8) is 0 Å². The van der Waals surface area contributed by atoms with Gasteiger partial charge in [0.2, 0.25) is 5.69 Å². The van der Waals surface area contributed by atoms with Crippen LogP contribution in [0.15, 0.2) is 29.6 Å². The topological polar surface area (TPSA) is 80.0 Å². The molecule has 0 atom stereocenters. The van der Waals surface area contributed by atoms with E-state index in [1.165, 1.54) is 0 Å². The summed E-state index contributed by atoms with van der Waals surface area (Å²) in [7, 11) is 0. The Hall–Kier alpha value is -2.57. The van der Waals surface area contributed by atoms with Crippen LogP contribution >= 0.6 is 12.6 Å². The van der Waals surface area contributed by atoms with Crippen LogP contribution in [0.3, 0.4) is 0 Å². The monoisotopic (exact) mass is 253 g/mol. The first-order valence-corrected chi connectivity index (χ1v) is 5.34. The van der Waals surface area contributed by atoms with Crippen molar-refractivity contribution >= 4 is 24.1 Å². The molecule has 0 radical (unpaired) electrons. The lowest BCUT2D eigenvalue weighted by molar-refractivity contribution is 1.14. The Morgan fingerprint density at radius 3 is 2.83 bits per heavy atom. The molecule has 0 fully saturated rings. The smallest absolute Gasteiger partial charge is 0.237 e. The van der Waals surface area contributed by atoms with Crippen molar-refractivity contribution in [3.05, 3.63) is 41.5 Å². The number of hydrogen-bond acceptors (Lipinski definition) is 5. The molecule has 0 amide bonds. The van der Waals surface area contributed by atoms with Crippen molar-refractivity contribution in [1.29, 1.82) is 5.26 Å². The second-order valence-electron chi connectivity index (χ2n) is 3.38. The molecule has 2 heterocycles. The van der Waals surface area contributed by atoms with E-state index in [1.54, 1.807) is 24.5 Å². The normalized spacial score (nSPS) is 9.50. The number of nitrogens with zero attached hydrogens (tertiary/aromatic N) is 4. The van der Waals surface area contributed by atoms with Gasteiger partial charge in [-0.05, 0) is 11.6 Å². The fourth-order valence-electron chi connectivity index (χ4n) is 1.59. The maximum absolute atomic E-state index is 9.17. The summed E-state index contributed by atoms with van der Waals surface area (Å²) in [5.41, 5.74) is 7.14. The third kappa shape index (κ3) is 1.86. The summed E-state index contributed by atoms with van der Waals surface area (Å²) in [6.07, 6.45) is 3.18. The van der Waals surface area contributed by atoms with Crippen LogP contribution in [0.25, 0.3) is 16.0 Å². The van der Waals surface area contributed by atoms with Gasteiger partial charge in [0.15, 0.2) is 0 Å². The van der Waals surface area contributed by atoms with Crippen LogP contribution in [0.2, 0.25) is 0 Å². The van der Waals surface area contributed by atoms with Crippen LogP contribution in [0, 0.1) is 17.9 Å². The van der Waals surface area contributed by atoms with Gasteiger partial charge in [0.05, 0.1) is 12.1 Å². The Labute approximate surface area is 109 Å². The fraction of sp³-hybridized carbons (Fsp3) is 0. The van der Waals surface area contributed by atoms with E-state index in [-0.39, 0.29) is 22.1 Å². The van der Waals surface area contributed by atoms with Gasteiger partial charge < -0.3 is 5.73 Å². The van der Waals surface area contributed by atoms with Gasteiger partial charge in [0, 0.05) is 18.0 Å². The molecule has 2 N–H and O–H groups in total. The Kier molecular flexibility index (Phi) is 3.13. The quantitative estimate of drug-likeness (QED) is 0.604. The zero-order valence-electron chi connectivity index (χ0n) is 9.12. The van der Waals surface area contributed by atoms with Crippen LogP contribution in [0.1, 0.15) is 5.56 Å². The number of pyridine rings is 2. The van der Waals surface area contributed by atoms with Gasteiger partial charge in [-0.25, -0.2) is 9.83 Å². The highest BCUT2D eigenvalue weighted by Gasteiger charge is 2.18. The predicted molar refractivity (Wildman–Crippen MR) is 70.1 cm³/mol. The second-order valence-corrected chi connectivity index (χ2v) is 3.81. The molecule has 0 bridgehead atoms. The minimum atomic E-state index is 0.0628. The molecule has 2 aromatic heterocycles. The molecule has 0 saturated carbocycles. The average Bonchev–Trinajstić information content (AvgIpc) is 2.39. The first kappa shape index (κ1) is 11.9. The summed E-state index contributed by atoms with van der Waals surface area (Å²) >= 11 is 4.12. The number of nitrogen functional groups attached to an aromatic ring is 1. The van der Waals surface area contributed by atoms with E-state index in [0.29, 0.717) is 11.1 Å². The van der Waals surface area contributed by atoms with Crippen LogP contribution < -0.4 is 5.73 Å². The van der Waals surface area contributed by atoms with Gasteiger partial charge in [-0.15, -0.1) is 12.6 Å². The van der Waals surface area contributed by atoms with Gasteiger partial charge in [0.1, 0.15) is 16.9 Å². The van der Waals surface area contributed by atoms with Crippen molar-refractivity contribution < 1.29 is 0 Å². The highest BCUT2D eigenvalue weighted by Crippen LogP contribution is 2.38. The largest absolute Gasteiger partial charge is 0.392 e. The lowest BCUT2D eigenvalue weighted by atomic mass is 10.0. The van der Waals surface area contributed by atoms with E-state index in [9.17, 15) is 0 Å². The summed E-state index contributed by atoms with van der Waals surface area (Å²) < 4.78 is 0. The van der Waals surface area contributed by atoms with Crippen molar-refractivity contribution in [3.8, 4) is 17.2 Å². The zero-order chi connectivity index (χ0) is 13.1. The average molecular weight is 253 g/mol. The van der Waals surface area contributed by atoms with E-state index in [2.05, 4.69) is 27.4 Å². The van der Waals surface area contributed by atoms with E-state index >= 15 is 0 Å². The van der Waals surface area contributed by atoms with Crippen LogP contribution in [-0.4, -0.2) is 9.97 Å². The summed E-state index contributed by atoms with van der Waals surface area (Å²) in [6, 6.07) is 5.47. The molecule has 0 saturated heterocycles. The molecular formula is C12H7N5S. The standard InChI is InChI=1S/C12H7N5S/c1-15-10-9(7-3-2-4-16-6-7)8(5-13)12(18)17-11(10)14/h2-4,6H,(H3,14,17,18). The van der Waals surface area contributed by atoms with Crippen LogP contribution in [0.5, 0.6) is 0 Å². The molecule has 0 aliphatic carbocycles. The summed E-state index contributed by atoms with van der Waals surface area (Å²) in [6.45, 7) is 7.17. The van der Waals surface area contributed by atoms with Crippen LogP contribution in [-0.2, 0) is 0 Å². The van der Waals surface area contributed by atoms with Gasteiger partial charge in [0.25, 0.3) is 0 Å². The number of aromatic nitrogens is 2. The Balaban J connectivity index is 2.89. The highest BCUT2D eigenvalue weighted by atomic mass is 32.1. The van der Waals surface area contributed by atoms with Gasteiger partial charge in [-0.1, -0.05) is 6.07 Å². The lowest BCUT2D eigenvalue weighted by Gasteiger charge is -2.10. The molecule has 5 nitrogen and oxygen atoms in total. The Morgan fingerprint density at radius 1 is 1.50 bits per heavy atom. The molecule has 86 valence electrons. The molecule has 0 aliphatic heterocycles. The number of thiol groups is 1. The third-order valence-electron chi connectivity index (χ3n) is 2.35. The predicted octanol–water partition coefficient (Wildman–Crippen LogP) is 2.44. The summed E-state index contributed by atoms with van der Waals surface area (Å²) in [5.74, 6) is 0.0628. The summed E-state index contributed by atoms with van der Waals surface area (Å²) in [4.78, 5) is 11.2. The van der Waals surface area contributed by atoms with E-state index in [4.69, 9.17) is 17.6 Å². The number of rotatable bonds is 1. The van der Waals surface area contributed by atoms with E-state index in [0.717, 1.165) is 0 Å². The third-order valence-corrected chi connectivity index (χ3v) is 2.68. The van der Waals surface area contributed by atoms with Crippen LogP contribution in [0.4, 0.5) is 11.5 Å². The maximum atomic E-state index is 9.17. The van der Waals surface area contributed by atoms with Crippen molar-refractivity contribution in [2.45, 2.75) is 5.03 Å². The van der Waals surface area contributed by atoms with Gasteiger partial charge >= 0.3 is 0 Å². The minimum Gasteiger partial charge on any atom is -0.392 e. The molecule has 0 spiro atoms. The minimum absolute atomic E-state index is 0.0628. The number of nitrogens with two attached hydrogens (primary N) is 1. The van der Waals surface area contributed by atoms with Crippen molar-refractivity contribution in [2.24, 2.45) is 0 Å². The number of nitriles is 1. The zero-order valence-corrected chi connectivity index (χ0v) is 10.0. The van der Waals surface area contributed by atoms with Crippen molar-refractivity contribution in [2.75, 3.05) is 5.73 Å². The molecule has 2 rings (SSSR count). The fourth-order valence-corrected chi connectivity index (χ4v) is 1.86. The first-order chi connectivity index (χ1) is 8.69. The first-order valence-electron chi connectivity index (χ1n) is 4.89. The molecule has 18 heavy (non-hydrogen) atoms. The molecule has 2 aromatic rings. The van der Waals surface area contributed by atoms with E-state index < -0.39 is 0 Å².